The van der Waals surface area contributed by atoms with Gasteiger partial charge in [0.15, 0.2) is 0 Å². The fraction of sp³-hybridized carbons (Fsp3) is 0.300. The molecule has 0 radical (unpaired) electrons. The average molecular weight is 323 g/mol. The largest absolute Gasteiger partial charge is 0.481 e. The summed E-state index contributed by atoms with van der Waals surface area (Å²) in [6.07, 6.45) is 1.62. The third-order valence-corrected chi connectivity index (χ3v) is 4.72. The minimum atomic E-state index is -0.929. The van der Waals surface area contributed by atoms with Crippen LogP contribution >= 0.6 is 0 Å². The van der Waals surface area contributed by atoms with E-state index in [0.717, 1.165) is 24.0 Å². The Morgan fingerprint density at radius 3 is 2.42 bits per heavy atom. The van der Waals surface area contributed by atoms with Crippen LogP contribution in [0.3, 0.4) is 0 Å². The van der Waals surface area contributed by atoms with E-state index in [1.165, 1.54) is 0 Å². The molecule has 0 aliphatic heterocycles. The Balaban J connectivity index is 1.72. The Bertz CT molecular complexity index is 750. The number of aliphatic carboxylic acids is 1. The fourth-order valence-electron chi connectivity index (χ4n) is 3.11. The molecule has 0 bridgehead atoms. The molecule has 2 N–H and O–H groups in total. The van der Waals surface area contributed by atoms with Gasteiger partial charge in [0.05, 0.1) is 11.3 Å². The van der Waals surface area contributed by atoms with Gasteiger partial charge in [-0.2, -0.15) is 0 Å². The lowest BCUT2D eigenvalue weighted by Gasteiger charge is -2.19. The van der Waals surface area contributed by atoms with Crippen LogP contribution in [0.5, 0.6) is 0 Å². The number of benzene rings is 2. The molecule has 24 heavy (non-hydrogen) atoms. The lowest BCUT2D eigenvalue weighted by molar-refractivity contribution is -0.138. The van der Waals surface area contributed by atoms with Gasteiger partial charge in [0.2, 0.25) is 5.91 Å². The molecule has 2 aromatic carbocycles. The van der Waals surface area contributed by atoms with E-state index in [-0.39, 0.29) is 12.5 Å². The predicted octanol–water partition coefficient (Wildman–Crippen LogP) is 3.01. The first-order valence-electron chi connectivity index (χ1n) is 8.16. The summed E-state index contributed by atoms with van der Waals surface area (Å²) in [6.45, 7) is 2.11. The van der Waals surface area contributed by atoms with E-state index in [9.17, 15) is 14.7 Å². The van der Waals surface area contributed by atoms with Gasteiger partial charge in [-0.15, -0.1) is 0 Å². The number of carbonyl (C=O) groups excluding carboxylic acids is 1. The molecule has 0 unspecified atom stereocenters. The molecule has 0 spiro atoms. The topological polar surface area (TPSA) is 66.4 Å². The van der Waals surface area contributed by atoms with Gasteiger partial charge < -0.3 is 10.4 Å². The first-order chi connectivity index (χ1) is 11.5. The summed E-state index contributed by atoms with van der Waals surface area (Å²) in [7, 11) is 0. The second-order valence-electron chi connectivity index (χ2n) is 6.46. The van der Waals surface area contributed by atoms with E-state index < -0.39 is 17.3 Å². The molecule has 0 saturated heterocycles. The van der Waals surface area contributed by atoms with Crippen molar-refractivity contribution in [1.82, 2.24) is 5.32 Å². The number of aryl methyl sites for hydroxylation is 1. The predicted molar refractivity (Wildman–Crippen MR) is 91.9 cm³/mol. The van der Waals surface area contributed by atoms with E-state index in [1.54, 1.807) is 12.1 Å². The second-order valence-corrected chi connectivity index (χ2v) is 6.46. The van der Waals surface area contributed by atoms with Gasteiger partial charge in [0, 0.05) is 6.54 Å². The summed E-state index contributed by atoms with van der Waals surface area (Å²) in [5, 5.41) is 12.3. The average Bonchev–Trinajstić information content (AvgIpc) is 3.37. The highest BCUT2D eigenvalue weighted by Gasteiger charge is 2.51. The highest BCUT2D eigenvalue weighted by molar-refractivity contribution is 5.91. The summed E-state index contributed by atoms with van der Waals surface area (Å²) in [4.78, 5) is 24.2. The molecule has 0 heterocycles. The van der Waals surface area contributed by atoms with Crippen molar-refractivity contribution in [2.24, 2.45) is 0 Å². The molecule has 2 aromatic rings. The number of carboxylic acids is 1. The molecule has 4 heteroatoms. The molecule has 1 saturated carbocycles. The number of amides is 1. The normalized spacial score (nSPS) is 16.2. The molecule has 1 amide bonds. The maximum absolute atomic E-state index is 12.7. The van der Waals surface area contributed by atoms with Crippen molar-refractivity contribution in [3.8, 4) is 0 Å². The van der Waals surface area contributed by atoms with Crippen molar-refractivity contribution in [1.29, 1.82) is 0 Å². The van der Waals surface area contributed by atoms with Crippen LogP contribution in [0.4, 0.5) is 0 Å². The van der Waals surface area contributed by atoms with E-state index in [2.05, 4.69) is 5.32 Å². The lowest BCUT2D eigenvalue weighted by Crippen LogP contribution is -2.38. The van der Waals surface area contributed by atoms with Gasteiger partial charge in [-0.25, -0.2) is 0 Å². The van der Waals surface area contributed by atoms with Crippen molar-refractivity contribution in [2.75, 3.05) is 6.54 Å². The first-order valence-corrected chi connectivity index (χ1v) is 8.16. The standard InChI is InChI=1S/C20H21NO3/c1-14-6-5-9-16(12-14)20(10-11-20)19(24)21-13-17(18(22)23)15-7-3-2-4-8-15/h2-9,12,17H,10-11,13H2,1H3,(H,21,24)(H,22,23)/t17-/m0/s1. The van der Waals surface area contributed by atoms with E-state index >= 15 is 0 Å². The fourth-order valence-corrected chi connectivity index (χ4v) is 3.11. The molecule has 1 aliphatic rings. The van der Waals surface area contributed by atoms with Gasteiger partial charge in [-0.05, 0) is 30.9 Å². The lowest BCUT2D eigenvalue weighted by atomic mass is 9.93. The minimum absolute atomic E-state index is 0.0738. The number of nitrogens with one attached hydrogen (secondary N) is 1. The summed E-state index contributed by atoms with van der Waals surface area (Å²) < 4.78 is 0. The maximum atomic E-state index is 12.7. The third kappa shape index (κ3) is 3.18. The molecular formula is C20H21NO3. The minimum Gasteiger partial charge on any atom is -0.481 e. The van der Waals surface area contributed by atoms with E-state index in [1.807, 2.05) is 49.4 Å². The molecule has 124 valence electrons. The molecule has 0 aromatic heterocycles. The summed E-state index contributed by atoms with van der Waals surface area (Å²) in [5.41, 5.74) is 2.36. The summed E-state index contributed by atoms with van der Waals surface area (Å²) in [6, 6.07) is 17.0. The second kappa shape index (κ2) is 6.48. The van der Waals surface area contributed by atoms with Crippen molar-refractivity contribution in [2.45, 2.75) is 31.1 Å². The monoisotopic (exact) mass is 323 g/mol. The number of rotatable bonds is 6. The smallest absolute Gasteiger partial charge is 0.312 e. The summed E-state index contributed by atoms with van der Waals surface area (Å²) in [5.74, 6) is -1.74. The Labute approximate surface area is 141 Å². The number of carboxylic acid groups (broad SMARTS) is 1. The Kier molecular flexibility index (Phi) is 4.38. The van der Waals surface area contributed by atoms with Gasteiger partial charge in [0.1, 0.15) is 0 Å². The van der Waals surface area contributed by atoms with Crippen molar-refractivity contribution >= 4 is 11.9 Å². The van der Waals surface area contributed by atoms with E-state index in [0.29, 0.717) is 5.56 Å². The third-order valence-electron chi connectivity index (χ3n) is 4.72. The first kappa shape index (κ1) is 16.2. The Hall–Kier alpha value is -2.62. The van der Waals surface area contributed by atoms with Crippen molar-refractivity contribution in [3.63, 3.8) is 0 Å². The van der Waals surface area contributed by atoms with Gasteiger partial charge in [0.25, 0.3) is 0 Å². The molecule has 1 fully saturated rings. The van der Waals surface area contributed by atoms with Crippen LogP contribution in [0.25, 0.3) is 0 Å². The van der Waals surface area contributed by atoms with Gasteiger partial charge >= 0.3 is 5.97 Å². The zero-order valence-corrected chi connectivity index (χ0v) is 13.7. The molecule has 1 atom stereocenters. The summed E-state index contributed by atoms with van der Waals surface area (Å²) >= 11 is 0. The van der Waals surface area contributed by atoms with Crippen LogP contribution in [-0.2, 0) is 15.0 Å². The van der Waals surface area contributed by atoms with Crippen LogP contribution < -0.4 is 5.32 Å². The number of hydrogen-bond donors (Lipinski definition) is 2. The van der Waals surface area contributed by atoms with Crippen LogP contribution in [0.15, 0.2) is 54.6 Å². The maximum Gasteiger partial charge on any atom is 0.312 e. The SMILES string of the molecule is Cc1cccc(C2(C(=O)NC[C@H](C(=O)O)c3ccccc3)CC2)c1. The number of hydrogen-bond acceptors (Lipinski definition) is 2. The van der Waals surface area contributed by atoms with Gasteiger partial charge in [-0.1, -0.05) is 60.2 Å². The zero-order chi connectivity index (χ0) is 17.2. The van der Waals surface area contributed by atoms with Crippen molar-refractivity contribution in [3.05, 3.63) is 71.3 Å². The number of carbonyl (C=O) groups is 2. The van der Waals surface area contributed by atoms with Crippen LogP contribution in [0.1, 0.15) is 35.4 Å². The zero-order valence-electron chi connectivity index (χ0n) is 13.7. The highest BCUT2D eigenvalue weighted by atomic mass is 16.4. The van der Waals surface area contributed by atoms with E-state index in [4.69, 9.17) is 0 Å². The highest BCUT2D eigenvalue weighted by Crippen LogP contribution is 2.48. The van der Waals surface area contributed by atoms with Crippen LogP contribution in [-0.4, -0.2) is 23.5 Å². The molecular weight excluding hydrogens is 302 g/mol. The van der Waals surface area contributed by atoms with Crippen LogP contribution in [0, 0.1) is 6.92 Å². The quantitative estimate of drug-likeness (QED) is 0.859. The van der Waals surface area contributed by atoms with Gasteiger partial charge in [-0.3, -0.25) is 9.59 Å². The molecule has 1 aliphatic carbocycles. The van der Waals surface area contributed by atoms with Crippen LogP contribution in [0.2, 0.25) is 0 Å². The molecule has 4 nitrogen and oxygen atoms in total. The Morgan fingerprint density at radius 1 is 1.12 bits per heavy atom. The molecule has 3 rings (SSSR count). The Morgan fingerprint density at radius 2 is 1.83 bits per heavy atom. The van der Waals surface area contributed by atoms with Crippen molar-refractivity contribution < 1.29 is 14.7 Å².